The Kier molecular flexibility index (Phi) is 4.18. The van der Waals surface area contributed by atoms with Gasteiger partial charge in [0.25, 0.3) is 0 Å². The second-order valence-corrected chi connectivity index (χ2v) is 8.52. The summed E-state index contributed by atoms with van der Waals surface area (Å²) in [6.45, 7) is 5.92. The number of benzene rings is 1. The average Bonchev–Trinajstić information content (AvgIpc) is 3.43. The Bertz CT molecular complexity index is 1250. The van der Waals surface area contributed by atoms with Crippen molar-refractivity contribution < 1.29 is 9.90 Å². The Hall–Kier alpha value is -3.19. The largest absolute Gasteiger partial charge is 0.386 e. The molecule has 0 spiro atoms. The van der Waals surface area contributed by atoms with Gasteiger partial charge in [0.1, 0.15) is 5.82 Å². The lowest BCUT2D eigenvalue weighted by Crippen LogP contribution is -2.29. The highest BCUT2D eigenvalue weighted by molar-refractivity contribution is 5.84. The summed E-state index contributed by atoms with van der Waals surface area (Å²) in [4.78, 5) is 26.9. The first kappa shape index (κ1) is 18.8. The number of aromatic nitrogens is 4. The van der Waals surface area contributed by atoms with Crippen molar-refractivity contribution in [2.45, 2.75) is 45.3 Å². The highest BCUT2D eigenvalue weighted by atomic mass is 16.3. The third kappa shape index (κ3) is 2.89. The number of rotatable bonds is 3. The Morgan fingerprint density at radius 1 is 1.20 bits per heavy atom. The fourth-order valence-corrected chi connectivity index (χ4v) is 4.47. The minimum absolute atomic E-state index is 0.0556. The summed E-state index contributed by atoms with van der Waals surface area (Å²) in [5.41, 5.74) is 4.38. The molecule has 154 valence electrons. The van der Waals surface area contributed by atoms with Gasteiger partial charge in [-0.05, 0) is 38.3 Å². The van der Waals surface area contributed by atoms with Crippen molar-refractivity contribution in [1.82, 2.24) is 24.3 Å². The standard InChI is InChI=1S/C23H25N5O2/c1-14(29)27-12-4-5-18(27)22-26-20(15-6-8-16(9-7-15)23(2,3)30)19-13-25-21-17(28(19)22)10-11-24-21/h6-11,13,18,24,30H,4-5,12H2,1-3H3/t18-/m0/s1. The average molecular weight is 403 g/mol. The summed E-state index contributed by atoms with van der Waals surface area (Å²) in [5, 5.41) is 10.3. The van der Waals surface area contributed by atoms with Crippen molar-refractivity contribution in [3.63, 3.8) is 0 Å². The number of imidazole rings is 1. The van der Waals surface area contributed by atoms with Crippen LogP contribution in [0.5, 0.6) is 0 Å². The SMILES string of the molecule is CC(=O)N1CCC[C@H]1c1nc(-c2ccc(C(C)(C)O)cc2)c2cnc3[nH]ccc3n12. The van der Waals surface area contributed by atoms with Gasteiger partial charge < -0.3 is 15.0 Å². The lowest BCUT2D eigenvalue weighted by Gasteiger charge is -2.22. The Morgan fingerprint density at radius 3 is 2.67 bits per heavy atom. The maximum atomic E-state index is 12.2. The van der Waals surface area contributed by atoms with Gasteiger partial charge in [-0.15, -0.1) is 0 Å². The molecular formula is C23H25N5O2. The molecule has 1 aromatic carbocycles. The zero-order valence-corrected chi connectivity index (χ0v) is 17.4. The molecule has 0 unspecified atom stereocenters. The maximum Gasteiger partial charge on any atom is 0.220 e. The molecule has 1 saturated heterocycles. The second-order valence-electron chi connectivity index (χ2n) is 8.52. The van der Waals surface area contributed by atoms with Gasteiger partial charge >= 0.3 is 0 Å². The van der Waals surface area contributed by atoms with E-state index in [1.807, 2.05) is 47.6 Å². The van der Waals surface area contributed by atoms with E-state index >= 15 is 0 Å². The number of nitrogens with one attached hydrogen (secondary N) is 1. The van der Waals surface area contributed by atoms with Crippen LogP contribution >= 0.6 is 0 Å². The van der Waals surface area contributed by atoms with Crippen LogP contribution in [0.15, 0.2) is 42.7 Å². The number of H-pyrrole nitrogens is 1. The number of carbonyl (C=O) groups is 1. The van der Waals surface area contributed by atoms with Crippen LogP contribution in [0.2, 0.25) is 0 Å². The highest BCUT2D eigenvalue weighted by Gasteiger charge is 2.32. The minimum atomic E-state index is -0.898. The summed E-state index contributed by atoms with van der Waals surface area (Å²) in [6.07, 6.45) is 5.57. The molecule has 0 aliphatic carbocycles. The van der Waals surface area contributed by atoms with Crippen LogP contribution in [0.1, 0.15) is 51.0 Å². The van der Waals surface area contributed by atoms with Crippen LogP contribution in [-0.4, -0.2) is 41.8 Å². The lowest BCUT2D eigenvalue weighted by atomic mass is 9.97. The van der Waals surface area contributed by atoms with Crippen molar-refractivity contribution in [3.05, 3.63) is 54.1 Å². The molecule has 1 atom stereocenters. The van der Waals surface area contributed by atoms with E-state index in [0.717, 1.165) is 58.7 Å². The van der Waals surface area contributed by atoms with Crippen molar-refractivity contribution in [1.29, 1.82) is 0 Å². The third-order valence-electron chi connectivity index (χ3n) is 6.02. The van der Waals surface area contributed by atoms with E-state index in [-0.39, 0.29) is 11.9 Å². The van der Waals surface area contributed by atoms with E-state index in [4.69, 9.17) is 4.98 Å². The van der Waals surface area contributed by atoms with Crippen LogP contribution in [-0.2, 0) is 10.4 Å². The van der Waals surface area contributed by atoms with E-state index < -0.39 is 5.60 Å². The molecule has 5 rings (SSSR count). The summed E-state index contributed by atoms with van der Waals surface area (Å²) in [6, 6.07) is 9.77. The molecule has 0 saturated carbocycles. The van der Waals surface area contributed by atoms with Gasteiger partial charge in [-0.2, -0.15) is 0 Å². The van der Waals surface area contributed by atoms with E-state index in [0.29, 0.717) is 0 Å². The zero-order chi connectivity index (χ0) is 21.0. The van der Waals surface area contributed by atoms with Crippen LogP contribution in [0.25, 0.3) is 27.9 Å². The van der Waals surface area contributed by atoms with Crippen LogP contribution in [0, 0.1) is 0 Å². The van der Waals surface area contributed by atoms with E-state index in [1.54, 1.807) is 20.8 Å². The number of hydrogen-bond donors (Lipinski definition) is 2. The summed E-state index contributed by atoms with van der Waals surface area (Å²) < 4.78 is 2.13. The molecule has 30 heavy (non-hydrogen) atoms. The maximum absolute atomic E-state index is 12.2. The molecular weight excluding hydrogens is 378 g/mol. The summed E-state index contributed by atoms with van der Waals surface area (Å²) >= 11 is 0. The molecule has 7 nitrogen and oxygen atoms in total. The first-order chi connectivity index (χ1) is 14.3. The Morgan fingerprint density at radius 2 is 1.97 bits per heavy atom. The first-order valence-corrected chi connectivity index (χ1v) is 10.3. The number of likely N-dealkylation sites (tertiary alicyclic amines) is 1. The van der Waals surface area contributed by atoms with Crippen molar-refractivity contribution in [3.8, 4) is 11.3 Å². The van der Waals surface area contributed by atoms with Crippen LogP contribution in [0.4, 0.5) is 0 Å². The molecule has 1 aliphatic rings. The molecule has 2 N–H and O–H groups in total. The number of fused-ring (bicyclic) bond motifs is 3. The quantitative estimate of drug-likeness (QED) is 0.545. The first-order valence-electron chi connectivity index (χ1n) is 10.3. The van der Waals surface area contributed by atoms with Gasteiger partial charge in [0.05, 0.1) is 34.6 Å². The fraction of sp³-hybridized carbons (Fsp3) is 0.348. The predicted molar refractivity (Wildman–Crippen MR) is 115 cm³/mol. The normalized spacial score (nSPS) is 17.3. The number of amides is 1. The molecule has 1 aliphatic heterocycles. The van der Waals surface area contributed by atoms with Crippen LogP contribution in [0.3, 0.4) is 0 Å². The van der Waals surface area contributed by atoms with Gasteiger partial charge in [-0.3, -0.25) is 9.20 Å². The van der Waals surface area contributed by atoms with Gasteiger partial charge in [-0.1, -0.05) is 24.3 Å². The smallest absolute Gasteiger partial charge is 0.220 e. The number of hydrogen-bond acceptors (Lipinski definition) is 4. The Balaban J connectivity index is 1.73. The fourth-order valence-electron chi connectivity index (χ4n) is 4.47. The van der Waals surface area contributed by atoms with Crippen molar-refractivity contribution in [2.24, 2.45) is 0 Å². The molecule has 1 amide bonds. The predicted octanol–water partition coefficient (Wildman–Crippen LogP) is 3.79. The molecule has 4 heterocycles. The van der Waals surface area contributed by atoms with Gasteiger partial charge in [0.2, 0.25) is 5.91 Å². The molecule has 1 fully saturated rings. The molecule has 0 radical (unpaired) electrons. The number of aliphatic hydroxyl groups is 1. The molecule has 7 heteroatoms. The number of aromatic amines is 1. The van der Waals surface area contributed by atoms with E-state index in [9.17, 15) is 9.90 Å². The Labute approximate surface area is 174 Å². The van der Waals surface area contributed by atoms with Crippen LogP contribution < -0.4 is 0 Å². The topological polar surface area (TPSA) is 86.5 Å². The lowest BCUT2D eigenvalue weighted by molar-refractivity contribution is -0.129. The molecule has 0 bridgehead atoms. The van der Waals surface area contributed by atoms with Gasteiger partial charge in [-0.25, -0.2) is 9.97 Å². The monoisotopic (exact) mass is 403 g/mol. The summed E-state index contributed by atoms with van der Waals surface area (Å²) in [7, 11) is 0. The zero-order valence-electron chi connectivity index (χ0n) is 17.4. The number of nitrogens with zero attached hydrogens (tertiary/aromatic N) is 4. The third-order valence-corrected chi connectivity index (χ3v) is 6.02. The van der Waals surface area contributed by atoms with E-state index in [1.165, 1.54) is 0 Å². The number of carbonyl (C=O) groups excluding carboxylic acids is 1. The van der Waals surface area contributed by atoms with Crippen molar-refractivity contribution in [2.75, 3.05) is 6.54 Å². The summed E-state index contributed by atoms with van der Waals surface area (Å²) in [5.74, 6) is 0.941. The van der Waals surface area contributed by atoms with Gasteiger partial charge in [0, 0.05) is 25.2 Å². The minimum Gasteiger partial charge on any atom is -0.386 e. The van der Waals surface area contributed by atoms with Gasteiger partial charge in [0.15, 0.2) is 5.65 Å². The van der Waals surface area contributed by atoms with E-state index in [2.05, 4.69) is 14.4 Å². The van der Waals surface area contributed by atoms with Crippen molar-refractivity contribution >= 4 is 22.6 Å². The molecule has 4 aromatic rings. The second kappa shape index (κ2) is 6.67. The highest BCUT2D eigenvalue weighted by Crippen LogP contribution is 2.36. The molecule has 3 aromatic heterocycles.